The third kappa shape index (κ3) is 4.43. The molecule has 0 fully saturated rings. The molecule has 2 N–H and O–H groups in total. The van der Waals surface area contributed by atoms with Gasteiger partial charge in [0.1, 0.15) is 0 Å². The first kappa shape index (κ1) is 16.2. The molecule has 2 rings (SSSR count). The molecule has 1 heterocycles. The zero-order chi connectivity index (χ0) is 15.9. The van der Waals surface area contributed by atoms with Crippen LogP contribution in [-0.2, 0) is 0 Å². The number of carbonyl (C=O) groups is 2. The second-order valence-corrected chi connectivity index (χ2v) is 6.36. The SMILES string of the molecule is CC(C)CCNC(=O)c1ccccc1NC(=O)c1cccs1. The molecular formula is C17H20N2O2S. The topological polar surface area (TPSA) is 58.2 Å². The number of rotatable bonds is 6. The molecule has 116 valence electrons. The van der Waals surface area contributed by atoms with E-state index in [-0.39, 0.29) is 11.8 Å². The highest BCUT2D eigenvalue weighted by atomic mass is 32.1. The summed E-state index contributed by atoms with van der Waals surface area (Å²) in [5.41, 5.74) is 1.01. The fraction of sp³-hybridized carbons (Fsp3) is 0.294. The summed E-state index contributed by atoms with van der Waals surface area (Å²) in [7, 11) is 0. The summed E-state index contributed by atoms with van der Waals surface area (Å²) in [5.74, 6) is 0.175. The van der Waals surface area contributed by atoms with Gasteiger partial charge in [-0.15, -0.1) is 11.3 Å². The summed E-state index contributed by atoms with van der Waals surface area (Å²) >= 11 is 1.37. The Morgan fingerprint density at radius 2 is 1.86 bits per heavy atom. The quantitative estimate of drug-likeness (QED) is 0.852. The molecule has 1 aromatic carbocycles. The number of thiophene rings is 1. The molecule has 0 unspecified atom stereocenters. The Kier molecular flexibility index (Phi) is 5.72. The van der Waals surface area contributed by atoms with Crippen LogP contribution in [0.4, 0.5) is 5.69 Å². The van der Waals surface area contributed by atoms with Gasteiger partial charge in [-0.3, -0.25) is 9.59 Å². The van der Waals surface area contributed by atoms with Crippen molar-refractivity contribution in [2.24, 2.45) is 5.92 Å². The zero-order valence-electron chi connectivity index (χ0n) is 12.8. The maximum Gasteiger partial charge on any atom is 0.265 e. The minimum atomic E-state index is -0.197. The van der Waals surface area contributed by atoms with Crippen molar-refractivity contribution in [3.05, 3.63) is 52.2 Å². The standard InChI is InChI=1S/C17H20N2O2S/c1-12(2)9-10-18-16(20)13-6-3-4-7-14(13)19-17(21)15-8-5-11-22-15/h3-8,11-12H,9-10H2,1-2H3,(H,18,20)(H,19,21). The molecule has 22 heavy (non-hydrogen) atoms. The summed E-state index contributed by atoms with van der Waals surface area (Å²) in [6.45, 7) is 4.85. The van der Waals surface area contributed by atoms with E-state index in [0.717, 1.165) is 6.42 Å². The molecule has 0 aliphatic heterocycles. The second-order valence-electron chi connectivity index (χ2n) is 5.42. The number of hydrogen-bond donors (Lipinski definition) is 2. The summed E-state index contributed by atoms with van der Waals surface area (Å²) in [6, 6.07) is 10.6. The van der Waals surface area contributed by atoms with E-state index in [0.29, 0.717) is 28.6 Å². The van der Waals surface area contributed by atoms with Crippen LogP contribution in [0.15, 0.2) is 41.8 Å². The number of nitrogens with one attached hydrogen (secondary N) is 2. The van der Waals surface area contributed by atoms with Crippen molar-refractivity contribution in [3.8, 4) is 0 Å². The summed E-state index contributed by atoms with van der Waals surface area (Å²) in [4.78, 5) is 25.0. The van der Waals surface area contributed by atoms with E-state index in [2.05, 4.69) is 24.5 Å². The van der Waals surface area contributed by atoms with Crippen LogP contribution >= 0.6 is 11.3 Å². The largest absolute Gasteiger partial charge is 0.352 e. The van der Waals surface area contributed by atoms with Gasteiger partial charge in [-0.25, -0.2) is 0 Å². The van der Waals surface area contributed by atoms with Crippen molar-refractivity contribution >= 4 is 28.8 Å². The molecule has 0 aliphatic rings. The first-order chi connectivity index (χ1) is 10.6. The number of para-hydroxylation sites is 1. The Balaban J connectivity index is 2.06. The molecule has 5 heteroatoms. The van der Waals surface area contributed by atoms with E-state index in [1.165, 1.54) is 11.3 Å². The Hall–Kier alpha value is -2.14. The van der Waals surface area contributed by atoms with E-state index < -0.39 is 0 Å². The summed E-state index contributed by atoms with van der Waals surface area (Å²) in [6.07, 6.45) is 0.926. The van der Waals surface area contributed by atoms with Gasteiger partial charge in [0.2, 0.25) is 0 Å². The lowest BCUT2D eigenvalue weighted by Crippen LogP contribution is -2.26. The molecular weight excluding hydrogens is 296 g/mol. The van der Waals surface area contributed by atoms with Crippen molar-refractivity contribution in [3.63, 3.8) is 0 Å². The molecule has 0 atom stereocenters. The summed E-state index contributed by atoms with van der Waals surface area (Å²) < 4.78 is 0. The lowest BCUT2D eigenvalue weighted by atomic mass is 10.1. The van der Waals surface area contributed by atoms with E-state index >= 15 is 0 Å². The molecule has 0 bridgehead atoms. The van der Waals surface area contributed by atoms with E-state index in [1.54, 1.807) is 30.3 Å². The number of carbonyl (C=O) groups excluding carboxylic acids is 2. The van der Waals surface area contributed by atoms with Crippen molar-refractivity contribution in [2.45, 2.75) is 20.3 Å². The predicted octanol–water partition coefficient (Wildman–Crippen LogP) is 3.78. The molecule has 2 amide bonds. The van der Waals surface area contributed by atoms with E-state index in [9.17, 15) is 9.59 Å². The van der Waals surface area contributed by atoms with Gasteiger partial charge in [0.25, 0.3) is 11.8 Å². The highest BCUT2D eigenvalue weighted by molar-refractivity contribution is 7.12. The average molecular weight is 316 g/mol. The van der Waals surface area contributed by atoms with Crippen LogP contribution < -0.4 is 10.6 Å². The van der Waals surface area contributed by atoms with Gasteiger partial charge in [-0.1, -0.05) is 32.0 Å². The van der Waals surface area contributed by atoms with Crippen LogP contribution in [0.25, 0.3) is 0 Å². The molecule has 0 radical (unpaired) electrons. The minimum absolute atomic E-state index is 0.164. The van der Waals surface area contributed by atoms with Crippen LogP contribution in [-0.4, -0.2) is 18.4 Å². The van der Waals surface area contributed by atoms with Gasteiger partial charge >= 0.3 is 0 Å². The van der Waals surface area contributed by atoms with Crippen LogP contribution in [0, 0.1) is 5.92 Å². The fourth-order valence-corrected chi connectivity index (χ4v) is 2.57. The minimum Gasteiger partial charge on any atom is -0.352 e. The second kappa shape index (κ2) is 7.75. The predicted molar refractivity (Wildman–Crippen MR) is 90.5 cm³/mol. The zero-order valence-corrected chi connectivity index (χ0v) is 13.6. The number of amides is 2. The first-order valence-corrected chi connectivity index (χ1v) is 8.18. The third-order valence-electron chi connectivity index (χ3n) is 3.17. The van der Waals surface area contributed by atoms with Crippen LogP contribution in [0.2, 0.25) is 0 Å². The smallest absolute Gasteiger partial charge is 0.265 e. The molecule has 1 aromatic heterocycles. The Morgan fingerprint density at radius 3 is 2.55 bits per heavy atom. The molecule has 2 aromatic rings. The third-order valence-corrected chi connectivity index (χ3v) is 4.04. The lowest BCUT2D eigenvalue weighted by molar-refractivity contribution is 0.0953. The summed E-state index contributed by atoms with van der Waals surface area (Å²) in [5, 5.41) is 7.54. The van der Waals surface area contributed by atoms with Gasteiger partial charge in [0, 0.05) is 6.54 Å². The maximum absolute atomic E-state index is 12.3. The van der Waals surface area contributed by atoms with E-state index in [1.807, 2.05) is 11.4 Å². The molecule has 4 nitrogen and oxygen atoms in total. The normalized spacial score (nSPS) is 10.5. The fourth-order valence-electron chi connectivity index (χ4n) is 1.95. The van der Waals surface area contributed by atoms with Crippen molar-refractivity contribution in [2.75, 3.05) is 11.9 Å². The Morgan fingerprint density at radius 1 is 1.09 bits per heavy atom. The highest BCUT2D eigenvalue weighted by Gasteiger charge is 2.14. The van der Waals surface area contributed by atoms with Crippen molar-refractivity contribution < 1.29 is 9.59 Å². The monoisotopic (exact) mass is 316 g/mol. The maximum atomic E-state index is 12.3. The van der Waals surface area contributed by atoms with Gasteiger partial charge in [-0.2, -0.15) is 0 Å². The van der Waals surface area contributed by atoms with Gasteiger partial charge in [0.15, 0.2) is 0 Å². The van der Waals surface area contributed by atoms with Crippen LogP contribution in [0.5, 0.6) is 0 Å². The van der Waals surface area contributed by atoms with Crippen molar-refractivity contribution in [1.82, 2.24) is 5.32 Å². The van der Waals surface area contributed by atoms with Crippen LogP contribution in [0.1, 0.15) is 40.3 Å². The molecule has 0 saturated carbocycles. The van der Waals surface area contributed by atoms with Crippen molar-refractivity contribution in [1.29, 1.82) is 0 Å². The molecule has 0 saturated heterocycles. The first-order valence-electron chi connectivity index (χ1n) is 7.30. The van der Waals surface area contributed by atoms with Gasteiger partial charge in [0.05, 0.1) is 16.1 Å². The van der Waals surface area contributed by atoms with Gasteiger partial charge < -0.3 is 10.6 Å². The highest BCUT2D eigenvalue weighted by Crippen LogP contribution is 2.18. The average Bonchev–Trinajstić information content (AvgIpc) is 3.01. The van der Waals surface area contributed by atoms with Gasteiger partial charge in [-0.05, 0) is 35.9 Å². The number of benzene rings is 1. The van der Waals surface area contributed by atoms with E-state index in [4.69, 9.17) is 0 Å². The Bertz CT molecular complexity index is 636. The lowest BCUT2D eigenvalue weighted by Gasteiger charge is -2.11. The number of hydrogen-bond acceptors (Lipinski definition) is 3. The Labute approximate surface area is 134 Å². The number of anilines is 1. The van der Waals surface area contributed by atoms with Crippen LogP contribution in [0.3, 0.4) is 0 Å². The molecule has 0 aliphatic carbocycles. The molecule has 0 spiro atoms.